The minimum absolute atomic E-state index is 0.134. The molecule has 0 saturated carbocycles. The molecule has 0 aliphatic heterocycles. The quantitative estimate of drug-likeness (QED) is 0.575. The van der Waals surface area contributed by atoms with Crippen LogP contribution in [0.15, 0.2) is 30.5 Å². The number of benzene rings is 1. The van der Waals surface area contributed by atoms with E-state index < -0.39 is 17.6 Å². The molecule has 0 fully saturated rings. The first-order valence-electron chi connectivity index (χ1n) is 7.15. The van der Waals surface area contributed by atoms with Crippen molar-refractivity contribution in [3.8, 4) is 0 Å². The average Bonchev–Trinajstić information content (AvgIpc) is 2.57. The van der Waals surface area contributed by atoms with Crippen LogP contribution in [0.2, 0.25) is 10.2 Å². The number of hydrogen-bond acceptors (Lipinski definition) is 4. The monoisotopic (exact) mass is 392 g/mol. The van der Waals surface area contributed by atoms with E-state index in [1.54, 1.807) is 0 Å². The number of anilines is 1. The van der Waals surface area contributed by atoms with Gasteiger partial charge in [0.15, 0.2) is 5.15 Å². The first-order chi connectivity index (χ1) is 11.8. The van der Waals surface area contributed by atoms with Crippen molar-refractivity contribution in [2.24, 2.45) is 0 Å². The van der Waals surface area contributed by atoms with Gasteiger partial charge in [0.25, 0.3) is 5.91 Å². The van der Waals surface area contributed by atoms with Crippen LogP contribution >= 0.6 is 23.2 Å². The Labute approximate surface area is 151 Å². The highest BCUT2D eigenvalue weighted by Crippen LogP contribution is 2.29. The first kappa shape index (κ1) is 19.3. The normalized spacial score (nSPS) is 11.2. The predicted molar refractivity (Wildman–Crippen MR) is 88.9 cm³/mol. The van der Waals surface area contributed by atoms with Crippen LogP contribution in [-0.4, -0.2) is 29.0 Å². The molecule has 25 heavy (non-hydrogen) atoms. The zero-order valence-electron chi connectivity index (χ0n) is 12.7. The van der Waals surface area contributed by atoms with E-state index in [4.69, 9.17) is 23.2 Å². The molecule has 5 nitrogen and oxygen atoms in total. The number of carbonyl (C=O) groups excluding carboxylic acids is 1. The molecule has 10 heteroatoms. The summed E-state index contributed by atoms with van der Waals surface area (Å²) >= 11 is 11.4. The summed E-state index contributed by atoms with van der Waals surface area (Å²) in [7, 11) is 0. The summed E-state index contributed by atoms with van der Waals surface area (Å²) in [6.07, 6.45) is -2.51. The lowest BCUT2D eigenvalue weighted by molar-refractivity contribution is -0.137. The average molecular weight is 393 g/mol. The van der Waals surface area contributed by atoms with E-state index >= 15 is 0 Å². The number of rotatable bonds is 6. The second-order valence-electron chi connectivity index (χ2n) is 4.94. The third-order valence-corrected chi connectivity index (χ3v) is 3.76. The van der Waals surface area contributed by atoms with Crippen LogP contribution in [0.25, 0.3) is 0 Å². The molecule has 134 valence electrons. The number of nitrogens with one attached hydrogen (secondary N) is 2. The fourth-order valence-electron chi connectivity index (χ4n) is 1.83. The summed E-state index contributed by atoms with van der Waals surface area (Å²) in [5, 5.41) is 5.90. The number of aromatic nitrogens is 2. The Morgan fingerprint density at radius 2 is 1.80 bits per heavy atom. The van der Waals surface area contributed by atoms with Crippen LogP contribution in [0, 0.1) is 0 Å². The smallest absolute Gasteiger partial charge is 0.354 e. The maximum absolute atomic E-state index is 12.5. The van der Waals surface area contributed by atoms with Crippen molar-refractivity contribution in [1.29, 1.82) is 0 Å². The number of carbonyl (C=O) groups is 1. The van der Waals surface area contributed by atoms with Gasteiger partial charge < -0.3 is 10.6 Å². The lowest BCUT2D eigenvalue weighted by atomic mass is 10.1. The van der Waals surface area contributed by atoms with Gasteiger partial charge in [-0.25, -0.2) is 4.98 Å². The molecule has 0 aliphatic rings. The summed E-state index contributed by atoms with van der Waals surface area (Å²) in [6.45, 7) is 0.791. The molecule has 0 bridgehead atoms. The van der Waals surface area contributed by atoms with Crippen molar-refractivity contribution in [1.82, 2.24) is 15.3 Å². The van der Waals surface area contributed by atoms with E-state index in [0.29, 0.717) is 25.5 Å². The minimum Gasteiger partial charge on any atom is -0.354 e. The summed E-state index contributed by atoms with van der Waals surface area (Å²) in [4.78, 5) is 19.7. The van der Waals surface area contributed by atoms with Gasteiger partial charge in [-0.3, -0.25) is 4.79 Å². The molecule has 0 spiro atoms. The molecule has 2 rings (SSSR count). The molecule has 1 aromatic carbocycles. The van der Waals surface area contributed by atoms with Crippen molar-refractivity contribution < 1.29 is 18.0 Å². The SMILES string of the molecule is O=C(NCCCNc1ncc(Cl)c(Cl)n1)c1ccc(C(F)(F)F)cc1. The molecule has 0 atom stereocenters. The molecule has 0 saturated heterocycles. The Morgan fingerprint density at radius 1 is 1.12 bits per heavy atom. The lowest BCUT2D eigenvalue weighted by Gasteiger charge is -2.09. The molecule has 2 N–H and O–H groups in total. The van der Waals surface area contributed by atoms with E-state index in [1.165, 1.54) is 6.20 Å². The largest absolute Gasteiger partial charge is 0.416 e. The minimum atomic E-state index is -4.42. The third-order valence-electron chi connectivity index (χ3n) is 3.10. The van der Waals surface area contributed by atoms with Gasteiger partial charge in [-0.1, -0.05) is 23.2 Å². The van der Waals surface area contributed by atoms with Crippen molar-refractivity contribution >= 4 is 35.1 Å². The van der Waals surface area contributed by atoms with E-state index in [9.17, 15) is 18.0 Å². The zero-order chi connectivity index (χ0) is 18.4. The first-order valence-corrected chi connectivity index (χ1v) is 7.90. The fourth-order valence-corrected chi connectivity index (χ4v) is 2.05. The highest BCUT2D eigenvalue weighted by molar-refractivity contribution is 6.41. The van der Waals surface area contributed by atoms with E-state index in [2.05, 4.69) is 20.6 Å². The van der Waals surface area contributed by atoms with E-state index in [0.717, 1.165) is 24.3 Å². The summed E-state index contributed by atoms with van der Waals surface area (Å²) in [5.74, 6) is -0.136. The fraction of sp³-hybridized carbons (Fsp3) is 0.267. The molecule has 1 aromatic heterocycles. The number of nitrogens with zero attached hydrogens (tertiary/aromatic N) is 2. The number of halogens is 5. The van der Waals surface area contributed by atoms with Gasteiger partial charge in [-0.05, 0) is 30.7 Å². The van der Waals surface area contributed by atoms with Crippen molar-refractivity contribution in [2.75, 3.05) is 18.4 Å². The van der Waals surface area contributed by atoms with Crippen LogP contribution in [-0.2, 0) is 6.18 Å². The van der Waals surface area contributed by atoms with Gasteiger partial charge in [0.1, 0.15) is 0 Å². The van der Waals surface area contributed by atoms with Gasteiger partial charge in [0.05, 0.1) is 16.8 Å². The van der Waals surface area contributed by atoms with Crippen LogP contribution in [0.4, 0.5) is 19.1 Å². The highest BCUT2D eigenvalue weighted by atomic mass is 35.5. The second kappa shape index (κ2) is 8.35. The summed E-state index contributed by atoms with van der Waals surface area (Å²) in [6, 6.07) is 4.02. The molecular weight excluding hydrogens is 380 g/mol. The molecule has 0 unspecified atom stereocenters. The van der Waals surface area contributed by atoms with Gasteiger partial charge in [-0.2, -0.15) is 18.2 Å². The molecule has 1 amide bonds. The summed E-state index contributed by atoms with van der Waals surface area (Å²) in [5.41, 5.74) is -0.636. The molecule has 0 aliphatic carbocycles. The predicted octanol–water partition coefficient (Wildman–Crippen LogP) is 4.03. The molecule has 2 aromatic rings. The Balaban J connectivity index is 1.74. The number of hydrogen-bond donors (Lipinski definition) is 2. The van der Waals surface area contributed by atoms with Crippen LogP contribution in [0.1, 0.15) is 22.3 Å². The van der Waals surface area contributed by atoms with Gasteiger partial charge in [-0.15, -0.1) is 0 Å². The van der Waals surface area contributed by atoms with Crippen LogP contribution in [0.5, 0.6) is 0 Å². The Bertz CT molecular complexity index is 739. The third kappa shape index (κ3) is 5.75. The Morgan fingerprint density at radius 3 is 2.40 bits per heavy atom. The van der Waals surface area contributed by atoms with Crippen LogP contribution in [0.3, 0.4) is 0 Å². The highest BCUT2D eigenvalue weighted by Gasteiger charge is 2.30. The topological polar surface area (TPSA) is 66.9 Å². The van der Waals surface area contributed by atoms with Crippen molar-refractivity contribution in [3.05, 3.63) is 51.8 Å². The maximum atomic E-state index is 12.5. The van der Waals surface area contributed by atoms with E-state index in [-0.39, 0.29) is 15.7 Å². The molecule has 0 radical (unpaired) electrons. The number of alkyl halides is 3. The van der Waals surface area contributed by atoms with Gasteiger partial charge >= 0.3 is 6.18 Å². The Hall–Kier alpha value is -2.06. The van der Waals surface area contributed by atoms with Crippen molar-refractivity contribution in [3.63, 3.8) is 0 Å². The van der Waals surface area contributed by atoms with Crippen LogP contribution < -0.4 is 10.6 Å². The molecular formula is C15H13Cl2F3N4O. The Kier molecular flexibility index (Phi) is 6.44. The van der Waals surface area contributed by atoms with Gasteiger partial charge in [0.2, 0.25) is 5.95 Å². The number of amides is 1. The maximum Gasteiger partial charge on any atom is 0.416 e. The van der Waals surface area contributed by atoms with Crippen molar-refractivity contribution in [2.45, 2.75) is 12.6 Å². The lowest BCUT2D eigenvalue weighted by Crippen LogP contribution is -2.26. The second-order valence-corrected chi connectivity index (χ2v) is 5.71. The van der Waals surface area contributed by atoms with E-state index in [1.807, 2.05) is 0 Å². The summed E-state index contributed by atoms with van der Waals surface area (Å²) < 4.78 is 37.4. The molecule has 1 heterocycles. The van der Waals surface area contributed by atoms with Gasteiger partial charge in [0, 0.05) is 18.7 Å². The zero-order valence-corrected chi connectivity index (χ0v) is 14.2. The standard InChI is InChI=1S/C15H13Cl2F3N4O/c16-11-8-23-14(24-12(11)17)22-7-1-6-21-13(25)9-2-4-10(5-3-9)15(18,19)20/h2-5,8H,1,6-7H2,(H,21,25)(H,22,23,24).